The van der Waals surface area contributed by atoms with E-state index in [0.717, 1.165) is 5.56 Å². The van der Waals surface area contributed by atoms with Gasteiger partial charge in [-0.1, -0.05) is 88.7 Å². The number of hydrogen-bond acceptors (Lipinski definition) is 8. The molecule has 8 atom stereocenters. The van der Waals surface area contributed by atoms with Gasteiger partial charge < -0.3 is 34.4 Å². The highest BCUT2D eigenvalue weighted by atomic mass is 79.9. The van der Waals surface area contributed by atoms with E-state index in [-0.39, 0.29) is 68.2 Å². The number of methoxy groups -OCH3 is 1. The minimum atomic E-state index is -1.31. The van der Waals surface area contributed by atoms with Gasteiger partial charge in [0.2, 0.25) is 17.7 Å². The molecule has 0 aliphatic carbocycles. The molecule has 11 nitrogen and oxygen atoms in total. The predicted octanol–water partition coefficient (Wildman–Crippen LogP) is 3.71. The van der Waals surface area contributed by atoms with Crippen molar-refractivity contribution in [3.63, 3.8) is 0 Å². The second-order valence-electron chi connectivity index (χ2n) is 13.0. The number of alkyl halides is 1. The molecule has 2 aromatic carbocycles. The largest absolute Gasteiger partial charge is 0.455 e. The van der Waals surface area contributed by atoms with Gasteiger partial charge in [-0.25, -0.2) is 0 Å². The molecule has 3 aliphatic rings. The molecular formula is C38H46BrN3O8. The first-order valence-corrected chi connectivity index (χ1v) is 17.9. The number of likely N-dealkylation sites (tertiary alicyclic amines) is 1. The number of benzene rings is 2. The van der Waals surface area contributed by atoms with E-state index >= 15 is 0 Å². The molecule has 50 heavy (non-hydrogen) atoms. The summed E-state index contributed by atoms with van der Waals surface area (Å²) in [6.45, 7) is 8.05. The number of nitrogens with zero attached hydrogens (tertiary/aromatic N) is 2. The topological polar surface area (TPSA) is 135 Å². The Labute approximate surface area is 301 Å². The average Bonchev–Trinajstić information content (AvgIpc) is 3.71. The van der Waals surface area contributed by atoms with Gasteiger partial charge in [0.25, 0.3) is 0 Å². The van der Waals surface area contributed by atoms with E-state index in [2.05, 4.69) is 34.4 Å². The first-order valence-electron chi connectivity index (χ1n) is 17.0. The standard InChI is InChI=1S/C38H46BrN3O8/c1-4-6-18-29(44)40-28(24-48-3)32(26-16-11-8-12-17-26)49-37(47)30-31-35(45)42(20-13-21-43)34(38(31)22-27(39)33(30)50-38)36(46)41(19-5-2)23-25-14-9-7-10-15-25/h4-5,7-12,14-17,27-28,30-34,43H,1-2,6,13,18-24H2,3H3,(H,40,44)/t27?,28-,30+,31-,32-,33+,34+,38-/m1/s1. The molecule has 2 N–H and O–H groups in total. The molecular weight excluding hydrogens is 706 g/mol. The van der Waals surface area contributed by atoms with Crippen molar-refractivity contribution in [2.45, 2.75) is 66.9 Å². The number of allylic oxidation sites excluding steroid dienone is 1. The molecule has 3 aliphatic heterocycles. The first kappa shape index (κ1) is 37.4. The van der Waals surface area contributed by atoms with E-state index in [1.165, 1.54) is 12.0 Å². The Balaban J connectivity index is 1.49. The van der Waals surface area contributed by atoms with Crippen molar-refractivity contribution in [3.8, 4) is 0 Å². The molecule has 3 saturated heterocycles. The first-order chi connectivity index (χ1) is 24.2. The number of nitrogens with one attached hydrogen (secondary N) is 1. The zero-order valence-electron chi connectivity index (χ0n) is 28.3. The van der Waals surface area contributed by atoms with Gasteiger partial charge in [-0.05, 0) is 30.4 Å². The van der Waals surface area contributed by atoms with Crippen molar-refractivity contribution < 1.29 is 38.5 Å². The fraction of sp³-hybridized carbons (Fsp3) is 0.474. The lowest BCUT2D eigenvalue weighted by molar-refractivity contribution is -0.163. The van der Waals surface area contributed by atoms with Crippen molar-refractivity contribution in [2.24, 2.45) is 11.8 Å². The number of esters is 1. The second kappa shape index (κ2) is 16.9. The molecule has 3 heterocycles. The number of hydrogen-bond donors (Lipinski definition) is 2. The molecule has 3 fully saturated rings. The van der Waals surface area contributed by atoms with E-state index in [9.17, 15) is 24.3 Å². The fourth-order valence-electron chi connectivity index (χ4n) is 7.65. The Morgan fingerprint density at radius 1 is 1.14 bits per heavy atom. The van der Waals surface area contributed by atoms with E-state index in [0.29, 0.717) is 18.4 Å². The van der Waals surface area contributed by atoms with Crippen LogP contribution in [0.2, 0.25) is 0 Å². The van der Waals surface area contributed by atoms with Crippen LogP contribution in [0.1, 0.15) is 42.9 Å². The quantitative estimate of drug-likeness (QED) is 0.134. The summed E-state index contributed by atoms with van der Waals surface area (Å²) in [5.41, 5.74) is 0.237. The molecule has 1 unspecified atom stereocenters. The third-order valence-electron chi connectivity index (χ3n) is 9.73. The van der Waals surface area contributed by atoms with Gasteiger partial charge in [0.1, 0.15) is 17.7 Å². The molecule has 2 aromatic rings. The SMILES string of the molecule is C=CCCC(=O)N[C@H](COC)[C@H](OC(=O)[C@@H]1[C@H]2O[C@@]3(CC2Br)[C@H](C(=O)N(CC=C)Cc2ccccc2)N(CCCO)C(=O)[C@@H]13)c1ccccc1. The highest BCUT2D eigenvalue weighted by Gasteiger charge is 2.77. The third kappa shape index (κ3) is 7.58. The van der Waals surface area contributed by atoms with E-state index in [1.54, 1.807) is 29.2 Å². The predicted molar refractivity (Wildman–Crippen MR) is 190 cm³/mol. The zero-order chi connectivity index (χ0) is 35.8. The van der Waals surface area contributed by atoms with Crippen molar-refractivity contribution in [2.75, 3.05) is 33.4 Å². The number of amides is 3. The molecule has 268 valence electrons. The van der Waals surface area contributed by atoms with Crippen LogP contribution in [0.25, 0.3) is 0 Å². The van der Waals surface area contributed by atoms with Gasteiger partial charge >= 0.3 is 5.97 Å². The van der Waals surface area contributed by atoms with Gasteiger partial charge in [-0.3, -0.25) is 19.2 Å². The Morgan fingerprint density at radius 3 is 2.48 bits per heavy atom. The summed E-state index contributed by atoms with van der Waals surface area (Å²) in [5, 5.41) is 12.7. The minimum absolute atomic E-state index is 0.0523. The Bertz CT molecular complexity index is 1530. The summed E-state index contributed by atoms with van der Waals surface area (Å²) in [6.07, 6.45) is 2.85. The number of aliphatic hydroxyl groups is 1. The van der Waals surface area contributed by atoms with Crippen molar-refractivity contribution >= 4 is 39.6 Å². The smallest absolute Gasteiger partial charge is 0.313 e. The van der Waals surface area contributed by atoms with Gasteiger partial charge in [0, 0.05) is 44.6 Å². The third-order valence-corrected chi connectivity index (χ3v) is 10.6. The van der Waals surface area contributed by atoms with Crippen LogP contribution in [0.15, 0.2) is 86.0 Å². The van der Waals surface area contributed by atoms with Crippen molar-refractivity contribution in [1.82, 2.24) is 15.1 Å². The highest BCUT2D eigenvalue weighted by Crippen LogP contribution is 2.60. The molecule has 0 radical (unpaired) electrons. The second-order valence-corrected chi connectivity index (χ2v) is 14.2. The number of carbonyl (C=O) groups excluding carboxylic acids is 4. The maximum atomic E-state index is 14.6. The van der Waals surface area contributed by atoms with Crippen LogP contribution < -0.4 is 5.32 Å². The number of carbonyl (C=O) groups is 4. The maximum Gasteiger partial charge on any atom is 0.313 e. The van der Waals surface area contributed by atoms with E-state index in [4.69, 9.17) is 14.2 Å². The van der Waals surface area contributed by atoms with Crippen LogP contribution in [-0.4, -0.2) is 101 Å². The van der Waals surface area contributed by atoms with Crippen LogP contribution in [0, 0.1) is 11.8 Å². The normalized spacial score (nSPS) is 26.2. The molecule has 12 heteroatoms. The van der Waals surface area contributed by atoms with Crippen LogP contribution >= 0.6 is 15.9 Å². The van der Waals surface area contributed by atoms with Gasteiger partial charge in [-0.15, -0.1) is 13.2 Å². The molecule has 1 spiro atoms. The van der Waals surface area contributed by atoms with Gasteiger partial charge in [0.15, 0.2) is 0 Å². The van der Waals surface area contributed by atoms with Crippen LogP contribution in [0.4, 0.5) is 0 Å². The summed E-state index contributed by atoms with van der Waals surface area (Å²) in [6, 6.07) is 16.8. The Kier molecular flexibility index (Phi) is 12.7. The molecule has 0 aromatic heterocycles. The lowest BCUT2D eigenvalue weighted by Crippen LogP contribution is -2.56. The molecule has 0 saturated carbocycles. The molecule has 2 bridgehead atoms. The van der Waals surface area contributed by atoms with Crippen LogP contribution in [0.3, 0.4) is 0 Å². The van der Waals surface area contributed by atoms with Gasteiger partial charge in [-0.2, -0.15) is 0 Å². The molecule has 5 rings (SSSR count). The lowest BCUT2D eigenvalue weighted by Gasteiger charge is -2.37. The van der Waals surface area contributed by atoms with Crippen LogP contribution in [0.5, 0.6) is 0 Å². The van der Waals surface area contributed by atoms with Gasteiger partial charge in [0.05, 0.1) is 30.6 Å². The van der Waals surface area contributed by atoms with E-state index in [1.807, 2.05) is 48.5 Å². The van der Waals surface area contributed by atoms with Crippen molar-refractivity contribution in [3.05, 3.63) is 97.1 Å². The fourth-order valence-corrected chi connectivity index (χ4v) is 8.59. The number of aliphatic hydroxyl groups excluding tert-OH is 1. The van der Waals surface area contributed by atoms with Crippen molar-refractivity contribution in [1.29, 1.82) is 0 Å². The summed E-state index contributed by atoms with van der Waals surface area (Å²) in [5.74, 6) is -3.66. The lowest BCUT2D eigenvalue weighted by atomic mass is 9.70. The molecule has 3 amide bonds. The Morgan fingerprint density at radius 2 is 1.84 bits per heavy atom. The Hall–Kier alpha value is -3.84. The number of ether oxygens (including phenoxy) is 3. The van der Waals surface area contributed by atoms with E-state index < -0.39 is 47.7 Å². The number of fused-ring (bicyclic) bond motifs is 1. The summed E-state index contributed by atoms with van der Waals surface area (Å²) in [4.78, 5) is 59.2. The summed E-state index contributed by atoms with van der Waals surface area (Å²) in [7, 11) is 1.50. The monoisotopic (exact) mass is 751 g/mol. The summed E-state index contributed by atoms with van der Waals surface area (Å²) < 4.78 is 18.4. The number of rotatable bonds is 18. The number of halogens is 1. The average molecular weight is 753 g/mol. The zero-order valence-corrected chi connectivity index (χ0v) is 29.9. The van der Waals surface area contributed by atoms with Crippen LogP contribution in [-0.2, 0) is 39.9 Å². The maximum absolute atomic E-state index is 14.6. The summed E-state index contributed by atoms with van der Waals surface area (Å²) >= 11 is 3.72. The minimum Gasteiger partial charge on any atom is -0.455 e. The highest BCUT2D eigenvalue weighted by molar-refractivity contribution is 9.09.